The van der Waals surface area contributed by atoms with E-state index in [0.29, 0.717) is 5.92 Å². The standard InChI is InChI=1S/C16H24N4O2/c1-3-19(9-13-2-6-22-11-13)10-14-15(1)17-12-18-16(14)20-4-7-21-8-5-20/h12-13H,1-11H2/t13-/m1/s1. The zero-order valence-corrected chi connectivity index (χ0v) is 13.0. The van der Waals surface area contributed by atoms with Crippen LogP contribution in [0.3, 0.4) is 0 Å². The Morgan fingerprint density at radius 3 is 2.82 bits per heavy atom. The first-order chi connectivity index (χ1) is 10.9. The molecule has 0 amide bonds. The lowest BCUT2D eigenvalue weighted by Gasteiger charge is -2.34. The zero-order chi connectivity index (χ0) is 14.8. The lowest BCUT2D eigenvalue weighted by Crippen LogP contribution is -2.40. The van der Waals surface area contributed by atoms with Crippen LogP contribution in [0.25, 0.3) is 0 Å². The molecule has 2 saturated heterocycles. The van der Waals surface area contributed by atoms with Crippen LogP contribution in [-0.2, 0) is 22.4 Å². The van der Waals surface area contributed by atoms with Crippen molar-refractivity contribution in [1.82, 2.24) is 14.9 Å². The summed E-state index contributed by atoms with van der Waals surface area (Å²) in [5.74, 6) is 1.82. The summed E-state index contributed by atoms with van der Waals surface area (Å²) in [4.78, 5) is 14.0. The van der Waals surface area contributed by atoms with Crippen LogP contribution in [0.5, 0.6) is 0 Å². The molecule has 0 aliphatic carbocycles. The molecule has 0 aromatic carbocycles. The number of fused-ring (bicyclic) bond motifs is 1. The zero-order valence-electron chi connectivity index (χ0n) is 13.0. The molecule has 0 spiro atoms. The van der Waals surface area contributed by atoms with E-state index in [1.807, 2.05) is 0 Å². The number of aromatic nitrogens is 2. The second kappa shape index (κ2) is 6.48. The van der Waals surface area contributed by atoms with Crippen molar-refractivity contribution >= 4 is 5.82 Å². The molecule has 3 aliphatic rings. The normalized spacial score (nSPS) is 26.2. The van der Waals surface area contributed by atoms with Crippen LogP contribution in [0.15, 0.2) is 6.33 Å². The van der Waals surface area contributed by atoms with Gasteiger partial charge in [-0.1, -0.05) is 0 Å². The van der Waals surface area contributed by atoms with Crippen LogP contribution >= 0.6 is 0 Å². The molecule has 1 aromatic heterocycles. The first-order valence-electron chi connectivity index (χ1n) is 8.35. The predicted molar refractivity (Wildman–Crippen MR) is 83.0 cm³/mol. The summed E-state index contributed by atoms with van der Waals surface area (Å²) in [6.07, 6.45) is 3.96. The molecule has 0 radical (unpaired) electrons. The van der Waals surface area contributed by atoms with Crippen LogP contribution in [0.4, 0.5) is 5.82 Å². The highest BCUT2D eigenvalue weighted by atomic mass is 16.5. The minimum atomic E-state index is 0.693. The van der Waals surface area contributed by atoms with Gasteiger partial charge in [-0.2, -0.15) is 0 Å². The van der Waals surface area contributed by atoms with E-state index in [2.05, 4.69) is 19.8 Å². The molecule has 4 heterocycles. The summed E-state index contributed by atoms with van der Waals surface area (Å²) in [6, 6.07) is 0. The highest BCUT2D eigenvalue weighted by molar-refractivity contribution is 5.49. The molecule has 22 heavy (non-hydrogen) atoms. The van der Waals surface area contributed by atoms with Crippen LogP contribution in [-0.4, -0.2) is 67.5 Å². The van der Waals surface area contributed by atoms with Gasteiger partial charge in [-0.15, -0.1) is 0 Å². The van der Waals surface area contributed by atoms with Gasteiger partial charge in [0.05, 0.1) is 25.5 Å². The van der Waals surface area contributed by atoms with Gasteiger partial charge in [-0.3, -0.25) is 4.90 Å². The van der Waals surface area contributed by atoms with Crippen molar-refractivity contribution in [2.24, 2.45) is 5.92 Å². The van der Waals surface area contributed by atoms with Crippen molar-refractivity contribution < 1.29 is 9.47 Å². The fraction of sp³-hybridized carbons (Fsp3) is 0.750. The Labute approximate surface area is 131 Å². The molecule has 6 heteroatoms. The van der Waals surface area contributed by atoms with Gasteiger partial charge in [0.2, 0.25) is 0 Å². The topological polar surface area (TPSA) is 50.7 Å². The number of ether oxygens (including phenoxy) is 2. The van der Waals surface area contributed by atoms with Crippen molar-refractivity contribution in [3.63, 3.8) is 0 Å². The fourth-order valence-corrected chi connectivity index (χ4v) is 3.68. The smallest absolute Gasteiger partial charge is 0.136 e. The average molecular weight is 304 g/mol. The van der Waals surface area contributed by atoms with Crippen molar-refractivity contribution in [2.75, 3.05) is 57.5 Å². The molecule has 0 N–H and O–H groups in total. The first kappa shape index (κ1) is 14.4. The number of morpholine rings is 1. The molecule has 4 rings (SSSR count). The van der Waals surface area contributed by atoms with E-state index in [-0.39, 0.29) is 0 Å². The molecule has 6 nitrogen and oxygen atoms in total. The van der Waals surface area contributed by atoms with E-state index in [9.17, 15) is 0 Å². The fourth-order valence-electron chi connectivity index (χ4n) is 3.68. The number of hydrogen-bond donors (Lipinski definition) is 0. The third-order valence-electron chi connectivity index (χ3n) is 4.91. The third-order valence-corrected chi connectivity index (χ3v) is 4.91. The monoisotopic (exact) mass is 304 g/mol. The van der Waals surface area contributed by atoms with Crippen molar-refractivity contribution in [3.8, 4) is 0 Å². The summed E-state index contributed by atoms with van der Waals surface area (Å²) in [5, 5.41) is 0. The van der Waals surface area contributed by atoms with Gasteiger partial charge in [0.25, 0.3) is 0 Å². The SMILES string of the molecule is c1nc2c(c(N3CCOCC3)n1)CN(C[C@H]1CCOC1)CC2. The molecule has 120 valence electrons. The molecule has 3 aliphatic heterocycles. The Hall–Kier alpha value is -1.24. The van der Waals surface area contributed by atoms with Gasteiger partial charge in [-0.25, -0.2) is 9.97 Å². The molecule has 1 atom stereocenters. The summed E-state index contributed by atoms with van der Waals surface area (Å²) < 4.78 is 11.0. The van der Waals surface area contributed by atoms with E-state index in [0.717, 1.165) is 71.4 Å². The molecule has 1 aromatic rings. The van der Waals surface area contributed by atoms with E-state index < -0.39 is 0 Å². The average Bonchev–Trinajstić information content (AvgIpc) is 3.08. The van der Waals surface area contributed by atoms with E-state index in [1.165, 1.54) is 17.7 Å². The molecular weight excluding hydrogens is 280 g/mol. The van der Waals surface area contributed by atoms with Crippen LogP contribution < -0.4 is 4.90 Å². The highest BCUT2D eigenvalue weighted by Gasteiger charge is 2.27. The largest absolute Gasteiger partial charge is 0.381 e. The molecule has 0 unspecified atom stereocenters. The van der Waals surface area contributed by atoms with Gasteiger partial charge >= 0.3 is 0 Å². The summed E-state index contributed by atoms with van der Waals surface area (Å²) >= 11 is 0. The van der Waals surface area contributed by atoms with Crippen molar-refractivity contribution in [2.45, 2.75) is 19.4 Å². The predicted octanol–water partition coefficient (Wildman–Crippen LogP) is 0.708. The van der Waals surface area contributed by atoms with Crippen molar-refractivity contribution in [3.05, 3.63) is 17.6 Å². The molecule has 0 saturated carbocycles. The minimum absolute atomic E-state index is 0.693. The Balaban J connectivity index is 1.51. The Morgan fingerprint density at radius 1 is 1.09 bits per heavy atom. The van der Waals surface area contributed by atoms with E-state index >= 15 is 0 Å². The van der Waals surface area contributed by atoms with Gasteiger partial charge in [0, 0.05) is 51.3 Å². The lowest BCUT2D eigenvalue weighted by atomic mass is 10.0. The van der Waals surface area contributed by atoms with E-state index in [1.54, 1.807) is 6.33 Å². The highest BCUT2D eigenvalue weighted by Crippen LogP contribution is 2.27. The van der Waals surface area contributed by atoms with Crippen LogP contribution in [0.1, 0.15) is 17.7 Å². The van der Waals surface area contributed by atoms with Crippen LogP contribution in [0, 0.1) is 5.92 Å². The van der Waals surface area contributed by atoms with Gasteiger partial charge < -0.3 is 14.4 Å². The molecule has 2 fully saturated rings. The Morgan fingerprint density at radius 2 is 2.00 bits per heavy atom. The summed E-state index contributed by atoms with van der Waals surface area (Å²) in [5.41, 5.74) is 2.56. The minimum Gasteiger partial charge on any atom is -0.381 e. The quantitative estimate of drug-likeness (QED) is 0.820. The second-order valence-electron chi connectivity index (χ2n) is 6.44. The Bertz CT molecular complexity index is 513. The third kappa shape index (κ3) is 2.95. The first-order valence-corrected chi connectivity index (χ1v) is 8.35. The summed E-state index contributed by atoms with van der Waals surface area (Å²) in [7, 11) is 0. The van der Waals surface area contributed by atoms with Crippen LogP contribution in [0.2, 0.25) is 0 Å². The number of anilines is 1. The van der Waals surface area contributed by atoms with Crippen molar-refractivity contribution in [1.29, 1.82) is 0 Å². The second-order valence-corrected chi connectivity index (χ2v) is 6.44. The van der Waals surface area contributed by atoms with E-state index in [4.69, 9.17) is 9.47 Å². The maximum absolute atomic E-state index is 5.51. The molecule has 0 bridgehead atoms. The molecular formula is C16H24N4O2. The number of rotatable bonds is 3. The maximum atomic E-state index is 5.51. The lowest BCUT2D eigenvalue weighted by molar-refractivity contribution is 0.122. The van der Waals surface area contributed by atoms with Gasteiger partial charge in [-0.05, 0) is 12.3 Å². The Kier molecular flexibility index (Phi) is 4.23. The van der Waals surface area contributed by atoms with Gasteiger partial charge in [0.15, 0.2) is 0 Å². The maximum Gasteiger partial charge on any atom is 0.136 e. The number of nitrogens with zero attached hydrogens (tertiary/aromatic N) is 4. The summed E-state index contributed by atoms with van der Waals surface area (Å²) in [6.45, 7) is 8.51. The number of hydrogen-bond acceptors (Lipinski definition) is 6. The van der Waals surface area contributed by atoms with Gasteiger partial charge in [0.1, 0.15) is 12.1 Å².